The van der Waals surface area contributed by atoms with Gasteiger partial charge in [0, 0.05) is 13.0 Å². The van der Waals surface area contributed by atoms with E-state index in [-0.39, 0.29) is 5.76 Å². The molecule has 11 heteroatoms. The van der Waals surface area contributed by atoms with Gasteiger partial charge in [0.05, 0.1) is 40.0 Å². The molecular weight excluding hydrogens is 334 g/mol. The van der Waals surface area contributed by atoms with E-state index in [2.05, 4.69) is 10.4 Å². The number of hydrogen-bond acceptors (Lipinski definition) is 6. The van der Waals surface area contributed by atoms with Crippen LogP contribution in [0.25, 0.3) is 0 Å². The number of nitro groups is 1. The molecule has 0 fully saturated rings. The van der Waals surface area contributed by atoms with Crippen LogP contribution in [0.15, 0.2) is 21.7 Å². The van der Waals surface area contributed by atoms with Crippen molar-refractivity contribution in [2.45, 2.75) is 6.42 Å². The summed E-state index contributed by atoms with van der Waals surface area (Å²) in [5.74, 6) is -1.69. The molecule has 2 N–H and O–H groups in total. The van der Waals surface area contributed by atoms with Crippen molar-refractivity contribution in [3.8, 4) is 0 Å². The highest BCUT2D eigenvalue weighted by atomic mass is 16.6. The number of amides is 2. The van der Waals surface area contributed by atoms with Crippen molar-refractivity contribution >= 4 is 24.1 Å². The maximum atomic E-state index is 12.0. The Morgan fingerprint density at radius 1 is 1.44 bits per heavy atom. The number of hydrogen-bond donors (Lipinski definition) is 2. The first-order chi connectivity index (χ1) is 11.6. The highest BCUT2D eigenvalue weighted by molar-refractivity contribution is 5.82. The van der Waals surface area contributed by atoms with E-state index in [0.29, 0.717) is 18.0 Å². The van der Waals surface area contributed by atoms with E-state index in [1.807, 2.05) is 21.1 Å². The molecule has 1 rings (SSSR count). The van der Waals surface area contributed by atoms with Gasteiger partial charge in [-0.3, -0.25) is 14.9 Å². The second kappa shape index (κ2) is 8.78. The smallest absolute Gasteiger partial charge is 0.433 e. The summed E-state index contributed by atoms with van der Waals surface area (Å²) in [5.41, 5.74) is 0. The minimum absolute atomic E-state index is 0.0277. The van der Waals surface area contributed by atoms with Crippen molar-refractivity contribution in [1.29, 1.82) is 0 Å². The lowest BCUT2D eigenvalue weighted by atomic mass is 10.4. The summed E-state index contributed by atoms with van der Waals surface area (Å²) in [7, 11) is 6.06. The lowest BCUT2D eigenvalue weighted by Crippen LogP contribution is -2.42. The highest BCUT2D eigenvalue weighted by Gasteiger charge is 2.17. The number of hydrazone groups is 1. The van der Waals surface area contributed by atoms with Crippen LogP contribution in [0.1, 0.15) is 12.2 Å². The number of aliphatic carboxylic acids is 1. The molecule has 1 aromatic rings. The highest BCUT2D eigenvalue weighted by Crippen LogP contribution is 2.14. The Kier molecular flexibility index (Phi) is 7.06. The molecule has 0 saturated carbocycles. The molecule has 0 unspecified atom stereocenters. The largest absolute Gasteiger partial charge is 0.480 e. The molecule has 0 aliphatic carbocycles. The van der Waals surface area contributed by atoms with E-state index in [0.717, 1.165) is 23.3 Å². The fourth-order valence-electron chi connectivity index (χ4n) is 1.77. The number of nitrogens with one attached hydrogen (secondary N) is 1. The Morgan fingerprint density at radius 3 is 2.64 bits per heavy atom. The van der Waals surface area contributed by atoms with Crippen LogP contribution in [0.5, 0.6) is 0 Å². The van der Waals surface area contributed by atoms with Gasteiger partial charge >= 0.3 is 17.9 Å². The van der Waals surface area contributed by atoms with Crippen LogP contribution in [-0.2, 0) is 4.79 Å². The predicted octanol–water partition coefficient (Wildman–Crippen LogP) is 0.714. The fraction of sp³-hybridized carbons (Fsp3) is 0.500. The molecule has 1 heterocycles. The zero-order chi connectivity index (χ0) is 19.0. The Morgan fingerprint density at radius 2 is 2.12 bits per heavy atom. The topological polar surface area (TPSA) is 138 Å². The van der Waals surface area contributed by atoms with Crippen LogP contribution in [0.2, 0.25) is 0 Å². The van der Waals surface area contributed by atoms with E-state index in [1.165, 1.54) is 6.07 Å². The molecule has 0 atom stereocenters. The van der Waals surface area contributed by atoms with Gasteiger partial charge in [0.15, 0.2) is 5.76 Å². The molecule has 0 saturated heterocycles. The molecule has 0 spiro atoms. The average Bonchev–Trinajstić information content (AvgIpc) is 2.95. The Labute approximate surface area is 144 Å². The first-order valence-corrected chi connectivity index (χ1v) is 7.44. The molecule has 2 amide bonds. The van der Waals surface area contributed by atoms with E-state index < -0.39 is 29.4 Å². The normalized spacial score (nSPS) is 11.5. The van der Waals surface area contributed by atoms with Gasteiger partial charge in [-0.25, -0.2) is 9.80 Å². The van der Waals surface area contributed by atoms with Crippen molar-refractivity contribution in [3.05, 3.63) is 28.0 Å². The van der Waals surface area contributed by atoms with Crippen molar-refractivity contribution in [2.24, 2.45) is 5.10 Å². The number of carboxylic acids is 1. The molecule has 25 heavy (non-hydrogen) atoms. The van der Waals surface area contributed by atoms with Crippen molar-refractivity contribution < 1.29 is 28.5 Å². The minimum atomic E-state index is -1.25. The summed E-state index contributed by atoms with van der Waals surface area (Å²) >= 11 is 0. The van der Waals surface area contributed by atoms with Crippen LogP contribution in [0.3, 0.4) is 0 Å². The van der Waals surface area contributed by atoms with Crippen LogP contribution in [0.4, 0.5) is 10.7 Å². The molecule has 1 aromatic heterocycles. The number of urea groups is 1. The Balaban J connectivity index is 2.65. The predicted molar refractivity (Wildman–Crippen MR) is 88.2 cm³/mol. The number of nitrogens with zero attached hydrogens (tertiary/aromatic N) is 4. The van der Waals surface area contributed by atoms with Gasteiger partial charge < -0.3 is 19.3 Å². The standard InChI is InChI=1S/C14H21N5O6/c1-19(2,3)8-4-7-15-14(22)17(10-13(20)21)16-9-11-5-6-12(25-11)18(23)24/h5-6,9H,4,7-8,10H2,1-3H3,(H-,15,20,21,22)/p+1/b16-9-. The van der Waals surface area contributed by atoms with E-state index in [1.54, 1.807) is 0 Å². The number of carbonyl (C=O) groups excluding carboxylic acids is 1. The van der Waals surface area contributed by atoms with Gasteiger partial charge in [0.25, 0.3) is 0 Å². The van der Waals surface area contributed by atoms with Crippen LogP contribution >= 0.6 is 0 Å². The maximum Gasteiger partial charge on any atom is 0.433 e. The summed E-state index contributed by atoms with van der Waals surface area (Å²) in [5, 5.41) is 26.4. The average molecular weight is 356 g/mol. The zero-order valence-corrected chi connectivity index (χ0v) is 14.3. The van der Waals surface area contributed by atoms with Crippen molar-refractivity contribution in [1.82, 2.24) is 10.3 Å². The number of furan rings is 1. The first-order valence-electron chi connectivity index (χ1n) is 7.44. The Hall–Kier alpha value is -2.95. The van der Waals surface area contributed by atoms with Gasteiger partial charge in [0.1, 0.15) is 11.5 Å². The van der Waals surface area contributed by atoms with Gasteiger partial charge in [-0.2, -0.15) is 5.10 Å². The molecule has 0 aliphatic heterocycles. The second-order valence-electron chi connectivity index (χ2n) is 6.23. The summed E-state index contributed by atoms with van der Waals surface area (Å²) < 4.78 is 5.60. The van der Waals surface area contributed by atoms with Crippen molar-refractivity contribution in [3.63, 3.8) is 0 Å². The van der Waals surface area contributed by atoms with E-state index >= 15 is 0 Å². The van der Waals surface area contributed by atoms with Gasteiger partial charge in [-0.15, -0.1) is 0 Å². The number of quaternary nitrogens is 1. The van der Waals surface area contributed by atoms with Crippen molar-refractivity contribution in [2.75, 3.05) is 40.8 Å². The third-order valence-corrected chi connectivity index (χ3v) is 2.92. The Bertz CT molecular complexity index is 648. The third kappa shape index (κ3) is 7.92. The van der Waals surface area contributed by atoms with Crippen LogP contribution in [0, 0.1) is 10.1 Å². The molecular formula is C14H22N5O6+. The number of carboxylic acid groups (broad SMARTS) is 1. The molecule has 11 nitrogen and oxygen atoms in total. The van der Waals surface area contributed by atoms with E-state index in [9.17, 15) is 19.7 Å². The lowest BCUT2D eigenvalue weighted by Gasteiger charge is -2.24. The summed E-state index contributed by atoms with van der Waals surface area (Å²) in [4.78, 5) is 32.7. The molecule has 0 aromatic carbocycles. The molecule has 0 aliphatic rings. The lowest BCUT2D eigenvalue weighted by molar-refractivity contribution is -0.870. The fourth-order valence-corrected chi connectivity index (χ4v) is 1.77. The summed E-state index contributed by atoms with van der Waals surface area (Å²) in [6.45, 7) is 0.547. The SMILES string of the molecule is C[N+](C)(C)CCCNC(=O)N(CC(=O)O)/N=C\c1ccc([N+](=O)[O-])o1. The molecule has 0 radical (unpaired) electrons. The first kappa shape index (κ1) is 20.1. The maximum absolute atomic E-state index is 12.0. The molecule has 0 bridgehead atoms. The monoisotopic (exact) mass is 356 g/mol. The van der Waals surface area contributed by atoms with E-state index in [4.69, 9.17) is 9.52 Å². The van der Waals surface area contributed by atoms with Gasteiger partial charge in [-0.05, 0) is 6.07 Å². The number of rotatable bonds is 9. The van der Waals surface area contributed by atoms with Crippen LogP contribution < -0.4 is 5.32 Å². The molecule has 138 valence electrons. The summed E-state index contributed by atoms with van der Waals surface area (Å²) in [6.07, 6.45) is 1.76. The minimum Gasteiger partial charge on any atom is -0.480 e. The van der Waals surface area contributed by atoms with Gasteiger partial charge in [0.2, 0.25) is 0 Å². The van der Waals surface area contributed by atoms with Gasteiger partial charge in [-0.1, -0.05) is 0 Å². The zero-order valence-electron chi connectivity index (χ0n) is 14.3. The quantitative estimate of drug-likeness (QED) is 0.220. The van der Waals surface area contributed by atoms with Crippen LogP contribution in [-0.4, -0.2) is 78.5 Å². The summed E-state index contributed by atoms with van der Waals surface area (Å²) in [6, 6.07) is 1.74. The number of carbonyl (C=O) groups is 2. The second-order valence-corrected chi connectivity index (χ2v) is 6.23. The third-order valence-electron chi connectivity index (χ3n) is 2.92.